The van der Waals surface area contributed by atoms with Crippen LogP contribution in [-0.2, 0) is 0 Å². The van der Waals surface area contributed by atoms with Gasteiger partial charge in [-0.3, -0.25) is 0 Å². The van der Waals surface area contributed by atoms with Gasteiger partial charge < -0.3 is 15.4 Å². The molecule has 4 heteroatoms. The molecule has 2 rings (SSSR count). The zero-order valence-electron chi connectivity index (χ0n) is 10.3. The second kappa shape index (κ2) is 5.27. The number of anilines is 1. The van der Waals surface area contributed by atoms with E-state index in [1.54, 1.807) is 7.11 Å². The molecule has 0 spiro atoms. The van der Waals surface area contributed by atoms with Crippen LogP contribution in [0.4, 0.5) is 5.69 Å². The van der Waals surface area contributed by atoms with E-state index in [1.165, 1.54) is 12.8 Å². The highest BCUT2D eigenvalue weighted by Gasteiger charge is 2.41. The van der Waals surface area contributed by atoms with Crippen LogP contribution in [0, 0.1) is 5.41 Å². The lowest BCUT2D eigenvalue weighted by molar-refractivity contribution is 0.412. The molecule has 1 aromatic carbocycles. The van der Waals surface area contributed by atoms with E-state index < -0.39 is 0 Å². The first kappa shape index (κ1) is 12.7. The molecule has 0 saturated heterocycles. The summed E-state index contributed by atoms with van der Waals surface area (Å²) in [5.74, 6) is 0.868. The first-order chi connectivity index (χ1) is 8.19. The zero-order valence-corrected chi connectivity index (χ0v) is 11.9. The number of halogens is 1. The molecule has 0 unspecified atom stereocenters. The smallest absolute Gasteiger partial charge is 0.133 e. The zero-order chi connectivity index (χ0) is 12.3. The van der Waals surface area contributed by atoms with Crippen LogP contribution in [0.25, 0.3) is 0 Å². The van der Waals surface area contributed by atoms with Crippen molar-refractivity contribution in [3.05, 3.63) is 22.7 Å². The van der Waals surface area contributed by atoms with Crippen LogP contribution >= 0.6 is 15.9 Å². The summed E-state index contributed by atoms with van der Waals surface area (Å²) in [6.07, 6.45) is 2.64. The minimum absolute atomic E-state index is 0.473. The summed E-state index contributed by atoms with van der Waals surface area (Å²) < 4.78 is 6.20. The molecule has 1 aliphatic carbocycles. The molecule has 3 nitrogen and oxygen atoms in total. The Labute approximate surface area is 111 Å². The molecule has 0 radical (unpaired) electrons. The summed E-state index contributed by atoms with van der Waals surface area (Å²) in [5, 5.41) is 6.77. The Morgan fingerprint density at radius 3 is 2.65 bits per heavy atom. The third-order valence-electron chi connectivity index (χ3n) is 3.33. The van der Waals surface area contributed by atoms with Crippen LogP contribution in [-0.4, -0.2) is 27.2 Å². The predicted molar refractivity (Wildman–Crippen MR) is 74.8 cm³/mol. The number of ether oxygens (including phenoxy) is 1. The summed E-state index contributed by atoms with van der Waals surface area (Å²) in [7, 11) is 3.70. The van der Waals surface area contributed by atoms with E-state index in [0.29, 0.717) is 5.41 Å². The third kappa shape index (κ3) is 3.13. The van der Waals surface area contributed by atoms with E-state index in [-0.39, 0.29) is 0 Å². The molecule has 0 atom stereocenters. The molecule has 0 aliphatic heterocycles. The van der Waals surface area contributed by atoms with Crippen LogP contribution in [0.15, 0.2) is 22.7 Å². The highest BCUT2D eigenvalue weighted by molar-refractivity contribution is 9.10. The second-order valence-corrected chi connectivity index (χ2v) is 5.59. The fourth-order valence-corrected chi connectivity index (χ4v) is 2.57. The second-order valence-electron chi connectivity index (χ2n) is 4.73. The van der Waals surface area contributed by atoms with Crippen molar-refractivity contribution in [3.63, 3.8) is 0 Å². The number of benzene rings is 1. The first-order valence-corrected chi connectivity index (χ1v) is 6.70. The standard InChI is InChI=1S/C13H19BrN2O/c1-15-8-13(5-6-13)9-16-10-3-4-12(17-2)11(14)7-10/h3-4,7,15-16H,5-6,8-9H2,1-2H3. The number of rotatable bonds is 6. The fourth-order valence-electron chi connectivity index (χ4n) is 2.03. The Balaban J connectivity index is 1.93. The molecule has 0 heterocycles. The van der Waals surface area contributed by atoms with E-state index in [4.69, 9.17) is 4.74 Å². The van der Waals surface area contributed by atoms with Gasteiger partial charge in [-0.1, -0.05) is 0 Å². The highest BCUT2D eigenvalue weighted by Crippen LogP contribution is 2.45. The van der Waals surface area contributed by atoms with E-state index in [2.05, 4.69) is 38.7 Å². The van der Waals surface area contributed by atoms with Gasteiger partial charge in [0.2, 0.25) is 0 Å². The first-order valence-electron chi connectivity index (χ1n) is 5.91. The van der Waals surface area contributed by atoms with Crippen LogP contribution in [0.3, 0.4) is 0 Å². The monoisotopic (exact) mass is 298 g/mol. The van der Waals surface area contributed by atoms with Gasteiger partial charge in [0.05, 0.1) is 11.6 Å². The van der Waals surface area contributed by atoms with Crippen LogP contribution in [0.5, 0.6) is 5.75 Å². The van der Waals surface area contributed by atoms with E-state index >= 15 is 0 Å². The van der Waals surface area contributed by atoms with Crippen LogP contribution in [0.2, 0.25) is 0 Å². The van der Waals surface area contributed by atoms with Gasteiger partial charge in [0, 0.05) is 24.2 Å². The Bertz CT molecular complexity index is 391. The van der Waals surface area contributed by atoms with Crippen molar-refractivity contribution in [3.8, 4) is 5.75 Å². The van der Waals surface area contributed by atoms with Crippen molar-refractivity contribution in [1.82, 2.24) is 5.32 Å². The molecule has 0 amide bonds. The maximum Gasteiger partial charge on any atom is 0.133 e. The molecule has 1 saturated carbocycles. The van der Waals surface area contributed by atoms with E-state index in [1.807, 2.05) is 13.1 Å². The number of hydrogen-bond acceptors (Lipinski definition) is 3. The lowest BCUT2D eigenvalue weighted by atomic mass is 10.1. The van der Waals surface area contributed by atoms with Crippen molar-refractivity contribution in [2.75, 3.05) is 32.6 Å². The topological polar surface area (TPSA) is 33.3 Å². The lowest BCUT2D eigenvalue weighted by Crippen LogP contribution is -2.26. The highest BCUT2D eigenvalue weighted by atomic mass is 79.9. The molecule has 94 valence electrons. The summed E-state index contributed by atoms with van der Waals surface area (Å²) >= 11 is 3.50. The quantitative estimate of drug-likeness (QED) is 0.847. The van der Waals surface area contributed by atoms with Crippen molar-refractivity contribution in [1.29, 1.82) is 0 Å². The van der Waals surface area contributed by atoms with E-state index in [9.17, 15) is 0 Å². The van der Waals surface area contributed by atoms with Gasteiger partial charge >= 0.3 is 0 Å². The minimum Gasteiger partial charge on any atom is -0.496 e. The Kier molecular flexibility index (Phi) is 3.94. The van der Waals surface area contributed by atoms with Crippen molar-refractivity contribution < 1.29 is 4.74 Å². The summed E-state index contributed by atoms with van der Waals surface area (Å²) in [6, 6.07) is 6.09. The van der Waals surface area contributed by atoms with Gasteiger partial charge in [-0.25, -0.2) is 0 Å². The predicted octanol–water partition coefficient (Wildman–Crippen LogP) is 2.87. The van der Waals surface area contributed by atoms with Gasteiger partial charge in [-0.05, 0) is 54.0 Å². The maximum atomic E-state index is 5.21. The number of nitrogens with one attached hydrogen (secondary N) is 2. The third-order valence-corrected chi connectivity index (χ3v) is 3.95. The van der Waals surface area contributed by atoms with Crippen molar-refractivity contribution in [2.45, 2.75) is 12.8 Å². The van der Waals surface area contributed by atoms with Gasteiger partial charge in [0.1, 0.15) is 5.75 Å². The SMILES string of the molecule is CNCC1(CNc2ccc(OC)c(Br)c2)CC1. The average molecular weight is 299 g/mol. The minimum atomic E-state index is 0.473. The molecule has 0 aromatic heterocycles. The Hall–Kier alpha value is -0.740. The molecule has 1 aromatic rings. The average Bonchev–Trinajstić information content (AvgIpc) is 3.08. The molecule has 17 heavy (non-hydrogen) atoms. The maximum absolute atomic E-state index is 5.21. The van der Waals surface area contributed by atoms with E-state index in [0.717, 1.165) is 29.0 Å². The van der Waals surface area contributed by atoms with Crippen molar-refractivity contribution in [2.24, 2.45) is 5.41 Å². The fraction of sp³-hybridized carbons (Fsp3) is 0.538. The van der Waals surface area contributed by atoms with Crippen LogP contribution < -0.4 is 15.4 Å². The molecular formula is C13H19BrN2O. The largest absolute Gasteiger partial charge is 0.496 e. The molecule has 1 fully saturated rings. The Morgan fingerprint density at radius 2 is 2.12 bits per heavy atom. The normalized spacial score (nSPS) is 16.6. The Morgan fingerprint density at radius 1 is 1.35 bits per heavy atom. The molecule has 0 bridgehead atoms. The molecular weight excluding hydrogens is 280 g/mol. The number of hydrogen-bond donors (Lipinski definition) is 2. The van der Waals surface area contributed by atoms with Gasteiger partial charge in [0.15, 0.2) is 0 Å². The van der Waals surface area contributed by atoms with Gasteiger partial charge in [-0.15, -0.1) is 0 Å². The number of methoxy groups -OCH3 is 1. The van der Waals surface area contributed by atoms with Crippen LogP contribution in [0.1, 0.15) is 12.8 Å². The molecule has 1 aliphatic rings. The summed E-state index contributed by atoms with van der Waals surface area (Å²) in [6.45, 7) is 2.13. The summed E-state index contributed by atoms with van der Waals surface area (Å²) in [5.41, 5.74) is 1.61. The molecule has 2 N–H and O–H groups in total. The van der Waals surface area contributed by atoms with Gasteiger partial charge in [0.25, 0.3) is 0 Å². The lowest BCUT2D eigenvalue weighted by Gasteiger charge is -2.16. The summed E-state index contributed by atoms with van der Waals surface area (Å²) in [4.78, 5) is 0. The van der Waals surface area contributed by atoms with Crippen molar-refractivity contribution >= 4 is 21.6 Å². The van der Waals surface area contributed by atoms with Gasteiger partial charge in [-0.2, -0.15) is 0 Å².